The fourth-order valence-corrected chi connectivity index (χ4v) is 5.19. The van der Waals surface area contributed by atoms with Crippen molar-refractivity contribution in [2.45, 2.75) is 45.7 Å². The van der Waals surface area contributed by atoms with E-state index in [-0.39, 0.29) is 0 Å². The number of hydrogen-bond donors (Lipinski definition) is 3. The minimum Gasteiger partial charge on any atom is -0.361 e. The molecule has 2 aromatic carbocycles. The Labute approximate surface area is 204 Å². The number of rotatable bonds is 8. The van der Waals surface area contributed by atoms with Crippen LogP contribution in [0.3, 0.4) is 0 Å². The Kier molecular flexibility index (Phi) is 6.53. The van der Waals surface area contributed by atoms with E-state index in [9.17, 15) is 4.79 Å². The van der Waals surface area contributed by atoms with Gasteiger partial charge in [-0.2, -0.15) is 0 Å². The number of benzene rings is 2. The van der Waals surface area contributed by atoms with Crippen LogP contribution in [0.25, 0.3) is 17.0 Å². The number of aryl methyl sites for hydroxylation is 3. The Bertz CT molecular complexity index is 1360. The zero-order valence-corrected chi connectivity index (χ0v) is 20.0. The fraction of sp³-hybridized carbons (Fsp3) is 0.286. The molecule has 7 heteroatoms. The zero-order valence-electron chi connectivity index (χ0n) is 20.0. The smallest absolute Gasteiger partial charge is 0.267 e. The van der Waals surface area contributed by atoms with E-state index in [0.29, 0.717) is 6.04 Å². The van der Waals surface area contributed by atoms with Crippen molar-refractivity contribution < 1.29 is 14.5 Å². The van der Waals surface area contributed by atoms with Gasteiger partial charge < -0.3 is 9.51 Å². The maximum Gasteiger partial charge on any atom is 0.267 e. The number of amides is 1. The average Bonchev–Trinajstić information content (AvgIpc) is 3.57. The molecule has 1 aliphatic carbocycles. The van der Waals surface area contributed by atoms with Crippen LogP contribution in [-0.4, -0.2) is 32.7 Å². The molecule has 2 heterocycles. The molecule has 0 radical (unpaired) electrons. The molecular weight excluding hydrogens is 440 g/mol. The molecule has 0 saturated carbocycles. The zero-order chi connectivity index (χ0) is 24.4. The fourth-order valence-electron chi connectivity index (χ4n) is 5.19. The molecular formula is C28H30N4O3. The monoisotopic (exact) mass is 470 g/mol. The summed E-state index contributed by atoms with van der Waals surface area (Å²) in [6, 6.07) is 15.1. The Morgan fingerprint density at radius 2 is 2.14 bits per heavy atom. The Morgan fingerprint density at radius 1 is 1.29 bits per heavy atom. The van der Waals surface area contributed by atoms with Crippen molar-refractivity contribution in [1.82, 2.24) is 20.5 Å². The third-order valence-electron chi connectivity index (χ3n) is 7.08. The van der Waals surface area contributed by atoms with Gasteiger partial charge in [0.05, 0.1) is 5.69 Å². The molecule has 35 heavy (non-hydrogen) atoms. The number of fused-ring (bicyclic) bond motifs is 2. The van der Waals surface area contributed by atoms with Gasteiger partial charge in [-0.15, -0.1) is 0 Å². The number of hydrogen-bond acceptors (Lipinski definition) is 5. The summed E-state index contributed by atoms with van der Waals surface area (Å²) in [6.45, 7) is 5.69. The number of H-pyrrole nitrogens is 1. The van der Waals surface area contributed by atoms with Gasteiger partial charge in [-0.25, -0.2) is 5.48 Å². The van der Waals surface area contributed by atoms with Crippen molar-refractivity contribution in [3.63, 3.8) is 0 Å². The average molecular weight is 471 g/mol. The van der Waals surface area contributed by atoms with E-state index in [1.165, 1.54) is 33.7 Å². The van der Waals surface area contributed by atoms with Crippen LogP contribution in [0.2, 0.25) is 0 Å². The second-order valence-electron chi connectivity index (χ2n) is 9.20. The minimum atomic E-state index is -0.536. The first-order valence-electron chi connectivity index (χ1n) is 12.0. The molecule has 7 nitrogen and oxygen atoms in total. The van der Waals surface area contributed by atoms with Crippen molar-refractivity contribution in [2.24, 2.45) is 0 Å². The maximum absolute atomic E-state index is 11.3. The van der Waals surface area contributed by atoms with Crippen LogP contribution < -0.4 is 5.48 Å². The third kappa shape index (κ3) is 4.78. The molecule has 2 aromatic heterocycles. The topological polar surface area (TPSA) is 94.4 Å². The van der Waals surface area contributed by atoms with E-state index >= 15 is 0 Å². The summed E-state index contributed by atoms with van der Waals surface area (Å²) in [4.78, 5) is 17.3. The molecule has 1 aliphatic rings. The van der Waals surface area contributed by atoms with E-state index in [1.54, 1.807) is 11.6 Å². The number of carbonyl (C=O) groups excluding carboxylic acids is 1. The predicted molar refractivity (Wildman–Crippen MR) is 135 cm³/mol. The molecule has 0 saturated heterocycles. The number of hydroxylamine groups is 1. The number of aromatic nitrogens is 2. The highest BCUT2D eigenvalue weighted by atomic mass is 16.5. The number of nitrogens with zero attached hydrogens (tertiary/aromatic N) is 2. The summed E-state index contributed by atoms with van der Waals surface area (Å²) in [6.07, 6.45) is 8.14. The Balaban J connectivity index is 1.41. The van der Waals surface area contributed by atoms with Crippen LogP contribution in [0.15, 0.2) is 59.3 Å². The lowest BCUT2D eigenvalue weighted by Gasteiger charge is -2.30. The van der Waals surface area contributed by atoms with Crippen LogP contribution in [0.5, 0.6) is 0 Å². The first kappa shape index (κ1) is 23.1. The molecule has 1 amide bonds. The molecule has 0 fully saturated rings. The number of nitrogens with one attached hydrogen (secondary N) is 2. The predicted octanol–water partition coefficient (Wildman–Crippen LogP) is 5.02. The summed E-state index contributed by atoms with van der Waals surface area (Å²) in [7, 11) is 0. The highest BCUT2D eigenvalue weighted by Crippen LogP contribution is 2.38. The lowest BCUT2D eigenvalue weighted by molar-refractivity contribution is -0.124. The lowest BCUT2D eigenvalue weighted by Crippen LogP contribution is -2.29. The highest BCUT2D eigenvalue weighted by molar-refractivity contribution is 5.90. The van der Waals surface area contributed by atoms with E-state index in [2.05, 4.69) is 57.6 Å². The van der Waals surface area contributed by atoms with Gasteiger partial charge in [0.2, 0.25) is 0 Å². The number of carbonyl (C=O) groups is 1. The molecule has 180 valence electrons. The SMILES string of the molecule is Cc1noc(C)c1CN(CCc1c[nH]c2ccccc12)C1CCc2cc(/C=C/C(=O)NO)ccc21. The summed E-state index contributed by atoms with van der Waals surface area (Å²) in [5.41, 5.74) is 9.81. The maximum atomic E-state index is 11.3. The van der Waals surface area contributed by atoms with Gasteiger partial charge in [-0.05, 0) is 67.5 Å². The summed E-state index contributed by atoms with van der Waals surface area (Å²) in [5.74, 6) is 0.340. The molecule has 0 aliphatic heterocycles. The van der Waals surface area contributed by atoms with Crippen molar-refractivity contribution in [2.75, 3.05) is 6.54 Å². The van der Waals surface area contributed by atoms with Gasteiger partial charge in [-0.3, -0.25) is 14.9 Å². The first-order chi connectivity index (χ1) is 17.0. The van der Waals surface area contributed by atoms with Gasteiger partial charge in [0.25, 0.3) is 5.91 Å². The van der Waals surface area contributed by atoms with E-state index in [0.717, 1.165) is 54.9 Å². The minimum absolute atomic E-state index is 0.294. The third-order valence-corrected chi connectivity index (χ3v) is 7.08. The summed E-state index contributed by atoms with van der Waals surface area (Å²) >= 11 is 0. The van der Waals surface area contributed by atoms with Gasteiger partial charge in [0, 0.05) is 47.9 Å². The molecule has 0 bridgehead atoms. The second-order valence-corrected chi connectivity index (χ2v) is 9.20. The quantitative estimate of drug-likeness (QED) is 0.191. The van der Waals surface area contributed by atoms with Crippen LogP contribution in [0.1, 0.15) is 51.7 Å². The van der Waals surface area contributed by atoms with Crippen LogP contribution in [0.4, 0.5) is 0 Å². The molecule has 1 atom stereocenters. The second kappa shape index (κ2) is 9.90. The van der Waals surface area contributed by atoms with E-state index < -0.39 is 5.91 Å². The molecule has 1 unspecified atom stereocenters. The summed E-state index contributed by atoms with van der Waals surface area (Å²) in [5, 5.41) is 14.2. The number of aromatic amines is 1. The normalized spacial score (nSPS) is 15.4. The summed E-state index contributed by atoms with van der Waals surface area (Å²) < 4.78 is 5.47. The molecule has 4 aromatic rings. The van der Waals surface area contributed by atoms with Gasteiger partial charge in [0.1, 0.15) is 5.76 Å². The van der Waals surface area contributed by atoms with Crippen molar-refractivity contribution in [3.8, 4) is 0 Å². The molecule has 5 rings (SSSR count). The Morgan fingerprint density at radius 3 is 2.94 bits per heavy atom. The van der Waals surface area contributed by atoms with Crippen LogP contribution in [0, 0.1) is 13.8 Å². The van der Waals surface area contributed by atoms with Crippen molar-refractivity contribution in [3.05, 3.63) is 94.0 Å². The van der Waals surface area contributed by atoms with Crippen molar-refractivity contribution >= 4 is 22.9 Å². The largest absolute Gasteiger partial charge is 0.361 e. The molecule has 0 spiro atoms. The lowest BCUT2D eigenvalue weighted by atomic mass is 10.0. The van der Waals surface area contributed by atoms with Gasteiger partial charge >= 0.3 is 0 Å². The molecule has 3 N–H and O–H groups in total. The van der Waals surface area contributed by atoms with E-state index in [1.807, 2.05) is 19.9 Å². The standard InChI is InChI=1S/C28H30N4O3/c1-18-25(19(2)35-31-18)17-32(14-13-22-16-29-26-6-4-3-5-23(22)26)27-11-9-21-15-20(7-10-24(21)27)8-12-28(33)30-34/h3-8,10,12,15-16,27,29,34H,9,11,13-14,17H2,1-2H3,(H,30,33)/b12-8+. The Hall–Kier alpha value is -3.68. The van der Waals surface area contributed by atoms with Crippen molar-refractivity contribution in [1.29, 1.82) is 0 Å². The van der Waals surface area contributed by atoms with Crippen LogP contribution in [-0.2, 0) is 24.2 Å². The van der Waals surface area contributed by atoms with E-state index in [4.69, 9.17) is 9.73 Å². The van der Waals surface area contributed by atoms with Crippen LogP contribution >= 0.6 is 0 Å². The highest BCUT2D eigenvalue weighted by Gasteiger charge is 2.29. The number of para-hydroxylation sites is 1. The van der Waals surface area contributed by atoms with Gasteiger partial charge in [0.15, 0.2) is 0 Å². The first-order valence-corrected chi connectivity index (χ1v) is 12.0. The van der Waals surface area contributed by atoms with Gasteiger partial charge in [-0.1, -0.05) is 41.6 Å².